The van der Waals surface area contributed by atoms with E-state index < -0.39 is 0 Å². The van der Waals surface area contributed by atoms with Crippen molar-refractivity contribution in [2.24, 2.45) is 0 Å². The van der Waals surface area contributed by atoms with Crippen LogP contribution >= 0.6 is 0 Å². The van der Waals surface area contributed by atoms with Crippen molar-refractivity contribution in [3.05, 3.63) is 243 Å². The van der Waals surface area contributed by atoms with E-state index >= 15 is 0 Å². The van der Waals surface area contributed by atoms with Crippen molar-refractivity contribution in [2.45, 2.75) is 124 Å². The first-order valence-corrected chi connectivity index (χ1v) is 28.9. The summed E-state index contributed by atoms with van der Waals surface area (Å²) in [6, 6.07) is 69.4. The van der Waals surface area contributed by atoms with Gasteiger partial charge in [-0.1, -0.05) is 192 Å². The monoisotopic (exact) mass is 1040 g/mol. The fourth-order valence-corrected chi connectivity index (χ4v) is 13.1. The van der Waals surface area contributed by atoms with Crippen LogP contribution in [-0.4, -0.2) is 0 Å². The molecule has 14 rings (SSSR count). The zero-order chi connectivity index (χ0) is 55.4. The molecule has 10 aromatic carbocycles. The van der Waals surface area contributed by atoms with Crippen molar-refractivity contribution in [1.82, 2.24) is 0 Å². The summed E-state index contributed by atoms with van der Waals surface area (Å²) in [4.78, 5) is 2.46. The normalized spacial score (nSPS) is 13.8. The number of fused-ring (bicyclic) bond motifs is 13. The highest BCUT2D eigenvalue weighted by Gasteiger charge is 2.30. The second-order valence-corrected chi connectivity index (χ2v) is 27.5. The summed E-state index contributed by atoms with van der Waals surface area (Å²) in [5.41, 5.74) is 26.9. The Balaban J connectivity index is 0.861. The summed E-state index contributed by atoms with van der Waals surface area (Å²) in [5, 5.41) is 6.99. The Morgan fingerprint density at radius 1 is 0.312 bits per heavy atom. The highest BCUT2D eigenvalue weighted by molar-refractivity contribution is 6.12. The van der Waals surface area contributed by atoms with Gasteiger partial charge in [-0.25, -0.2) is 0 Å². The number of nitrogens with zero attached hydrogens (tertiary/aromatic N) is 1. The number of hydrogen-bond donors (Lipinski definition) is 0. The fraction of sp³-hybridized carbons (Fsp3) is 0.247. The lowest BCUT2D eigenvalue weighted by atomic mass is 9.75. The van der Waals surface area contributed by atoms with Gasteiger partial charge in [0.05, 0.1) is 0 Å². The average Bonchev–Trinajstić information content (AvgIpc) is 4.25. The van der Waals surface area contributed by atoms with Crippen LogP contribution in [0.15, 0.2) is 191 Å². The Kier molecular flexibility index (Phi) is 11.1. The first-order valence-electron chi connectivity index (χ1n) is 28.9. The molecule has 0 saturated heterocycles. The van der Waals surface area contributed by atoms with E-state index in [1.54, 1.807) is 0 Å². The van der Waals surface area contributed by atoms with Gasteiger partial charge in [-0.3, -0.25) is 0 Å². The number of para-hydroxylation sites is 1. The van der Waals surface area contributed by atoms with Gasteiger partial charge < -0.3 is 13.7 Å². The maximum absolute atomic E-state index is 6.98. The van der Waals surface area contributed by atoms with Crippen LogP contribution in [0, 0.1) is 0 Å². The van der Waals surface area contributed by atoms with Crippen LogP contribution in [0.1, 0.15) is 150 Å². The van der Waals surface area contributed by atoms with Crippen molar-refractivity contribution in [3.63, 3.8) is 0 Å². The number of rotatable bonds is 6. The second-order valence-electron chi connectivity index (χ2n) is 27.5. The zero-order valence-corrected chi connectivity index (χ0v) is 48.6. The molecule has 0 spiro atoms. The van der Waals surface area contributed by atoms with Crippen LogP contribution in [0.2, 0.25) is 0 Å². The van der Waals surface area contributed by atoms with Gasteiger partial charge >= 0.3 is 0 Å². The molecule has 0 fully saturated rings. The molecule has 2 aromatic heterocycles. The second kappa shape index (κ2) is 17.7. The van der Waals surface area contributed by atoms with Gasteiger partial charge in [0, 0.05) is 50.6 Å². The number of anilines is 3. The topological polar surface area (TPSA) is 29.5 Å². The molecule has 0 aliphatic heterocycles. The first kappa shape index (κ1) is 50.1. The quantitative estimate of drug-likeness (QED) is 0.155. The number of furan rings is 2. The molecule has 396 valence electrons. The third-order valence-corrected chi connectivity index (χ3v) is 17.7. The van der Waals surface area contributed by atoms with Gasteiger partial charge in [0.25, 0.3) is 0 Å². The van der Waals surface area contributed by atoms with Crippen molar-refractivity contribution in [1.29, 1.82) is 0 Å². The number of hydrogen-bond acceptors (Lipinski definition) is 3. The lowest BCUT2D eigenvalue weighted by molar-refractivity contribution is 0.566. The van der Waals surface area contributed by atoms with Gasteiger partial charge in [-0.2, -0.15) is 0 Å². The van der Waals surface area contributed by atoms with E-state index in [2.05, 4.69) is 270 Å². The summed E-state index contributed by atoms with van der Waals surface area (Å²) >= 11 is 0. The van der Waals surface area contributed by atoms with Crippen molar-refractivity contribution in [3.8, 4) is 22.3 Å². The van der Waals surface area contributed by atoms with Crippen LogP contribution in [0.25, 0.3) is 76.9 Å². The highest BCUT2D eigenvalue weighted by Crippen LogP contribution is 2.48. The van der Waals surface area contributed by atoms with E-state index in [0.717, 1.165) is 73.8 Å². The predicted molar refractivity (Wildman–Crippen MR) is 338 cm³/mol. The van der Waals surface area contributed by atoms with Gasteiger partial charge in [0.2, 0.25) is 0 Å². The van der Waals surface area contributed by atoms with Crippen LogP contribution in [-0.2, 0) is 34.5 Å². The lowest BCUT2D eigenvalue weighted by Crippen LogP contribution is -2.19. The van der Waals surface area contributed by atoms with Gasteiger partial charge in [-0.15, -0.1) is 0 Å². The molecule has 2 aliphatic carbocycles. The molecule has 0 radical (unpaired) electrons. The SMILES string of the molecule is CC(C)(C)c1cc(C(c2ccc3c(c2)Cc2cc4cc5c(cc4cc2-3)oc2cc(N(c3cc(C(C)(C)C)cc(C(C)(C)C)c3)c3ccc4c(c3)Cc3ccccc3-4)ccc25)c2ccc3c(c2)oc2ccccc23)cc(C(C)(C)C)c1. The smallest absolute Gasteiger partial charge is 0.137 e. The van der Waals surface area contributed by atoms with Crippen molar-refractivity contribution in [2.75, 3.05) is 4.90 Å². The minimum absolute atomic E-state index is 0.00207. The Hall–Kier alpha value is -8.14. The van der Waals surface area contributed by atoms with Crippen molar-refractivity contribution < 1.29 is 8.83 Å². The van der Waals surface area contributed by atoms with Crippen LogP contribution in [0.4, 0.5) is 17.1 Å². The van der Waals surface area contributed by atoms with Crippen LogP contribution < -0.4 is 4.90 Å². The summed E-state index contributed by atoms with van der Waals surface area (Å²) in [6.07, 6.45) is 1.81. The molecule has 80 heavy (non-hydrogen) atoms. The molecule has 3 nitrogen and oxygen atoms in total. The van der Waals surface area contributed by atoms with Crippen LogP contribution in [0.5, 0.6) is 0 Å². The van der Waals surface area contributed by atoms with Gasteiger partial charge in [0.15, 0.2) is 0 Å². The summed E-state index contributed by atoms with van der Waals surface area (Å²) < 4.78 is 13.5. The van der Waals surface area contributed by atoms with E-state index in [0.29, 0.717) is 0 Å². The summed E-state index contributed by atoms with van der Waals surface area (Å²) in [7, 11) is 0. The minimum atomic E-state index is -0.0383. The zero-order valence-electron chi connectivity index (χ0n) is 48.6. The predicted octanol–water partition coefficient (Wildman–Crippen LogP) is 21.6. The fourth-order valence-electron chi connectivity index (χ4n) is 13.1. The molecule has 1 unspecified atom stereocenters. The molecule has 1 atom stereocenters. The third-order valence-electron chi connectivity index (χ3n) is 17.7. The molecule has 0 saturated carbocycles. The van der Waals surface area contributed by atoms with E-state index in [-0.39, 0.29) is 27.6 Å². The maximum Gasteiger partial charge on any atom is 0.137 e. The van der Waals surface area contributed by atoms with Crippen LogP contribution in [0.3, 0.4) is 0 Å². The van der Waals surface area contributed by atoms with E-state index in [9.17, 15) is 0 Å². The molecular formula is C77H71NO2. The van der Waals surface area contributed by atoms with E-state index in [1.165, 1.54) is 94.2 Å². The Morgan fingerprint density at radius 2 is 0.800 bits per heavy atom. The van der Waals surface area contributed by atoms with E-state index in [1.807, 2.05) is 0 Å². The molecule has 0 bridgehead atoms. The molecule has 12 aromatic rings. The van der Waals surface area contributed by atoms with Gasteiger partial charge in [0.1, 0.15) is 22.3 Å². The Morgan fingerprint density at radius 3 is 1.54 bits per heavy atom. The summed E-state index contributed by atoms with van der Waals surface area (Å²) in [6.45, 7) is 27.9. The number of benzene rings is 10. The largest absolute Gasteiger partial charge is 0.456 e. The van der Waals surface area contributed by atoms with Gasteiger partial charge in [-0.05, 0) is 195 Å². The molecule has 0 N–H and O–H groups in total. The third kappa shape index (κ3) is 8.46. The molecule has 0 amide bonds. The highest BCUT2D eigenvalue weighted by atomic mass is 16.3. The Bertz CT molecular complexity index is 4460. The standard InChI is InChI=1S/C77H71NO2/c1-74(2,3)54-33-53(34-55(40-54)75(4,5)6)73(47-22-26-65-64-19-15-16-20-69(64)79-70(65)38-47)46-21-25-63-50(30-46)32-51-31-48-37-68-66-28-24-59(44-72(66)80-71(68)39-49(48)36-67(51)63)78(60-42-56(76(7,8)9)41-57(43-60)77(10,11)12)58-23-27-62-52(35-58)29-45-17-13-14-18-61(45)62/h13-28,30-31,33-44,73H,29,32H2,1-12H3. The lowest BCUT2D eigenvalue weighted by Gasteiger charge is -2.31. The molecule has 2 heterocycles. The van der Waals surface area contributed by atoms with E-state index in [4.69, 9.17) is 8.83 Å². The minimum Gasteiger partial charge on any atom is -0.456 e. The maximum atomic E-state index is 6.98. The Labute approximate surface area is 471 Å². The molecule has 3 heteroatoms. The average molecular weight is 1040 g/mol. The molecular weight excluding hydrogens is 971 g/mol. The molecule has 2 aliphatic rings. The summed E-state index contributed by atoms with van der Waals surface area (Å²) in [5.74, 6) is -0.00207. The van der Waals surface area contributed by atoms with Crippen molar-refractivity contribution >= 4 is 71.7 Å². The first-order chi connectivity index (χ1) is 38.1.